The van der Waals surface area contributed by atoms with Crippen LogP contribution in [0, 0.1) is 20.8 Å². The molecule has 0 bridgehead atoms. The van der Waals surface area contributed by atoms with Gasteiger partial charge in [0.05, 0.1) is 34.9 Å². The number of nitrogens with one attached hydrogen (secondary N) is 2. The number of aromatic nitrogens is 4. The number of rotatable bonds is 6. The molecule has 31 heavy (non-hydrogen) atoms. The van der Waals surface area contributed by atoms with E-state index in [0.717, 1.165) is 41.3 Å². The van der Waals surface area contributed by atoms with Gasteiger partial charge in [0, 0.05) is 24.8 Å². The molecule has 0 aliphatic rings. The van der Waals surface area contributed by atoms with Crippen LogP contribution in [0.5, 0.6) is 0 Å². The van der Waals surface area contributed by atoms with Crippen LogP contribution in [-0.2, 0) is 25.8 Å². The van der Waals surface area contributed by atoms with Crippen LogP contribution in [0.2, 0.25) is 0 Å². The largest absolute Gasteiger partial charge is 0.416 e. The Morgan fingerprint density at radius 1 is 1.13 bits per heavy atom. The van der Waals surface area contributed by atoms with Crippen molar-refractivity contribution in [2.24, 2.45) is 0 Å². The van der Waals surface area contributed by atoms with Crippen LogP contribution in [0.4, 0.5) is 18.9 Å². The van der Waals surface area contributed by atoms with Gasteiger partial charge in [-0.3, -0.25) is 9.36 Å². The maximum atomic E-state index is 13.0. The van der Waals surface area contributed by atoms with Gasteiger partial charge in [0.25, 0.3) is 0 Å². The second kappa shape index (κ2) is 9.09. The van der Waals surface area contributed by atoms with Crippen molar-refractivity contribution in [3.63, 3.8) is 0 Å². The number of hydrogen-bond donors (Lipinski definition) is 2. The summed E-state index contributed by atoms with van der Waals surface area (Å²) in [6.07, 6.45) is -2.39. The lowest BCUT2D eigenvalue weighted by Crippen LogP contribution is -2.28. The van der Waals surface area contributed by atoms with E-state index in [4.69, 9.17) is 12.2 Å². The van der Waals surface area contributed by atoms with Crippen molar-refractivity contribution in [1.29, 1.82) is 0 Å². The number of benzene rings is 1. The third kappa shape index (κ3) is 5.43. The Bertz CT molecular complexity index is 1080. The van der Waals surface area contributed by atoms with E-state index in [9.17, 15) is 13.2 Å². The van der Waals surface area contributed by atoms with E-state index < -0.39 is 11.7 Å². The highest BCUT2D eigenvalue weighted by Gasteiger charge is 2.30. The first-order valence-corrected chi connectivity index (χ1v) is 10.3. The molecule has 0 atom stereocenters. The standard InChI is InChI=1S/C21H25F3N6S/c1-5-29-12-17(13(2)27-29)10-25-20(31)26-19-14(3)28-30(15(19)4)11-16-7-6-8-18(9-16)21(22,23)24/h6-9,12H,5,10-11H2,1-4H3,(H2,25,26,31). The van der Waals surface area contributed by atoms with Gasteiger partial charge in [-0.1, -0.05) is 12.1 Å². The Morgan fingerprint density at radius 3 is 2.52 bits per heavy atom. The summed E-state index contributed by atoms with van der Waals surface area (Å²) in [7, 11) is 0. The summed E-state index contributed by atoms with van der Waals surface area (Å²) in [6.45, 7) is 9.23. The van der Waals surface area contributed by atoms with Crippen molar-refractivity contribution in [3.05, 3.63) is 64.2 Å². The first-order valence-electron chi connectivity index (χ1n) is 9.86. The van der Waals surface area contributed by atoms with E-state index in [-0.39, 0.29) is 6.54 Å². The molecule has 166 valence electrons. The van der Waals surface area contributed by atoms with Crippen molar-refractivity contribution in [3.8, 4) is 0 Å². The SMILES string of the molecule is CCn1cc(CNC(=S)Nc2c(C)nn(Cc3cccc(C(F)(F)F)c3)c2C)c(C)n1. The van der Waals surface area contributed by atoms with Crippen molar-refractivity contribution in [1.82, 2.24) is 24.9 Å². The van der Waals surface area contributed by atoms with Gasteiger partial charge in [-0.05, 0) is 57.6 Å². The Labute approximate surface area is 184 Å². The molecule has 10 heteroatoms. The second-order valence-corrected chi connectivity index (χ2v) is 7.71. The minimum absolute atomic E-state index is 0.230. The summed E-state index contributed by atoms with van der Waals surface area (Å²) >= 11 is 5.42. The van der Waals surface area contributed by atoms with Crippen molar-refractivity contribution >= 4 is 23.0 Å². The van der Waals surface area contributed by atoms with Crippen LogP contribution in [0.25, 0.3) is 0 Å². The van der Waals surface area contributed by atoms with Crippen LogP contribution in [0.1, 0.15) is 40.7 Å². The van der Waals surface area contributed by atoms with E-state index in [1.54, 1.807) is 10.7 Å². The summed E-state index contributed by atoms with van der Waals surface area (Å²) in [5, 5.41) is 15.6. The molecule has 3 rings (SSSR count). The van der Waals surface area contributed by atoms with E-state index in [0.29, 0.717) is 22.9 Å². The second-order valence-electron chi connectivity index (χ2n) is 7.30. The van der Waals surface area contributed by atoms with E-state index >= 15 is 0 Å². The highest BCUT2D eigenvalue weighted by molar-refractivity contribution is 7.80. The molecule has 3 aromatic rings. The zero-order valence-electron chi connectivity index (χ0n) is 17.8. The molecule has 0 saturated heterocycles. The zero-order valence-corrected chi connectivity index (χ0v) is 18.7. The summed E-state index contributed by atoms with van der Waals surface area (Å²) in [6, 6.07) is 5.27. The van der Waals surface area contributed by atoms with Crippen LogP contribution in [-0.4, -0.2) is 24.7 Å². The Hall–Kier alpha value is -2.88. The quantitative estimate of drug-likeness (QED) is 0.539. The van der Waals surface area contributed by atoms with Crippen LogP contribution >= 0.6 is 12.2 Å². The van der Waals surface area contributed by atoms with Crippen molar-refractivity contribution < 1.29 is 13.2 Å². The predicted molar refractivity (Wildman–Crippen MR) is 118 cm³/mol. The lowest BCUT2D eigenvalue weighted by molar-refractivity contribution is -0.137. The molecule has 1 aromatic carbocycles. The number of hydrogen-bond acceptors (Lipinski definition) is 3. The molecule has 0 aliphatic heterocycles. The zero-order chi connectivity index (χ0) is 22.8. The lowest BCUT2D eigenvalue weighted by Gasteiger charge is -2.12. The molecule has 2 aromatic heterocycles. The summed E-state index contributed by atoms with van der Waals surface area (Å²) in [5.74, 6) is 0. The average molecular weight is 451 g/mol. The molecule has 0 radical (unpaired) electrons. The van der Waals surface area contributed by atoms with Gasteiger partial charge >= 0.3 is 6.18 Å². The molecule has 0 amide bonds. The normalized spacial score (nSPS) is 11.6. The van der Waals surface area contributed by atoms with Crippen LogP contribution in [0.15, 0.2) is 30.5 Å². The number of nitrogens with zero attached hydrogens (tertiary/aromatic N) is 4. The molecular formula is C21H25F3N6S. The van der Waals surface area contributed by atoms with Gasteiger partial charge in [0.15, 0.2) is 5.11 Å². The predicted octanol–water partition coefficient (Wildman–Crippen LogP) is 4.58. The van der Waals surface area contributed by atoms with Crippen LogP contribution < -0.4 is 10.6 Å². The highest BCUT2D eigenvalue weighted by atomic mass is 32.1. The molecule has 0 fully saturated rings. The molecule has 2 N–H and O–H groups in total. The van der Waals surface area contributed by atoms with E-state index in [1.807, 2.05) is 38.6 Å². The minimum atomic E-state index is -4.37. The fourth-order valence-electron chi connectivity index (χ4n) is 3.28. The van der Waals surface area contributed by atoms with Gasteiger partial charge in [0.2, 0.25) is 0 Å². The smallest absolute Gasteiger partial charge is 0.358 e. The minimum Gasteiger partial charge on any atom is -0.358 e. The van der Waals surface area contributed by atoms with Gasteiger partial charge in [-0.25, -0.2) is 0 Å². The Balaban J connectivity index is 1.68. The molecule has 0 spiro atoms. The summed E-state index contributed by atoms with van der Waals surface area (Å²) in [5.41, 5.74) is 4.09. The number of anilines is 1. The Kier molecular flexibility index (Phi) is 6.68. The van der Waals surface area contributed by atoms with Crippen molar-refractivity contribution in [2.45, 2.75) is 53.5 Å². The fourth-order valence-corrected chi connectivity index (χ4v) is 3.45. The maximum Gasteiger partial charge on any atom is 0.416 e. The molecule has 0 saturated carbocycles. The van der Waals surface area contributed by atoms with Gasteiger partial charge < -0.3 is 10.6 Å². The molecule has 0 unspecified atom stereocenters. The first kappa shape index (κ1) is 22.8. The third-order valence-electron chi connectivity index (χ3n) is 5.02. The number of aryl methyl sites for hydroxylation is 3. The Morgan fingerprint density at radius 2 is 1.87 bits per heavy atom. The molecule has 0 aliphatic carbocycles. The number of thiocarbonyl (C=S) groups is 1. The lowest BCUT2D eigenvalue weighted by atomic mass is 10.1. The van der Waals surface area contributed by atoms with Gasteiger partial charge in [-0.2, -0.15) is 23.4 Å². The summed E-state index contributed by atoms with van der Waals surface area (Å²) in [4.78, 5) is 0. The fraction of sp³-hybridized carbons (Fsp3) is 0.381. The van der Waals surface area contributed by atoms with Gasteiger partial charge in [0.1, 0.15) is 0 Å². The molecular weight excluding hydrogens is 425 g/mol. The number of halogens is 3. The first-order chi connectivity index (χ1) is 14.6. The third-order valence-corrected chi connectivity index (χ3v) is 5.26. The monoisotopic (exact) mass is 450 g/mol. The van der Waals surface area contributed by atoms with E-state index in [1.165, 1.54) is 6.07 Å². The molecule has 2 heterocycles. The van der Waals surface area contributed by atoms with Gasteiger partial charge in [-0.15, -0.1) is 0 Å². The summed E-state index contributed by atoms with van der Waals surface area (Å²) < 4.78 is 42.5. The van der Waals surface area contributed by atoms with Crippen LogP contribution in [0.3, 0.4) is 0 Å². The average Bonchev–Trinajstić information content (AvgIpc) is 3.20. The maximum absolute atomic E-state index is 13.0. The number of alkyl halides is 3. The van der Waals surface area contributed by atoms with Crippen molar-refractivity contribution in [2.75, 3.05) is 5.32 Å². The van der Waals surface area contributed by atoms with E-state index in [2.05, 4.69) is 20.8 Å². The topological polar surface area (TPSA) is 59.7 Å². The highest BCUT2D eigenvalue weighted by Crippen LogP contribution is 2.30. The molecule has 6 nitrogen and oxygen atoms in total.